The number of aromatic amines is 2. The molecular weight excluding hydrogens is 294 g/mol. The van der Waals surface area contributed by atoms with Crippen molar-refractivity contribution in [2.24, 2.45) is 5.73 Å². The van der Waals surface area contributed by atoms with Gasteiger partial charge < -0.3 is 16.0 Å². The number of H-pyrrole nitrogens is 2. The number of hydrogen-bond donors (Lipinski definition) is 4. The molecule has 23 heavy (non-hydrogen) atoms. The number of amides is 1. The van der Waals surface area contributed by atoms with Gasteiger partial charge in [-0.3, -0.25) is 9.89 Å². The van der Waals surface area contributed by atoms with Crippen molar-refractivity contribution in [3.8, 4) is 0 Å². The fourth-order valence-corrected chi connectivity index (χ4v) is 2.34. The molecule has 3 aromatic rings. The summed E-state index contributed by atoms with van der Waals surface area (Å²) in [5.74, 6) is 0.728. The maximum Gasteiger partial charge on any atom is 0.252 e. The minimum absolute atomic E-state index is 0.239. The molecule has 120 valence electrons. The molecule has 0 atom stereocenters. The summed E-state index contributed by atoms with van der Waals surface area (Å²) in [7, 11) is 0. The van der Waals surface area contributed by atoms with Gasteiger partial charge in [-0.1, -0.05) is 20.8 Å². The first-order valence-corrected chi connectivity index (χ1v) is 7.24. The lowest BCUT2D eigenvalue weighted by atomic mass is 9.91. The first-order chi connectivity index (χ1) is 10.8. The van der Waals surface area contributed by atoms with E-state index in [0.717, 1.165) is 11.4 Å². The molecule has 3 aromatic heterocycles. The number of nitrogens with one attached hydrogen (secondary N) is 3. The summed E-state index contributed by atoms with van der Waals surface area (Å²) in [6.07, 6.45) is 1.53. The van der Waals surface area contributed by atoms with Gasteiger partial charge in [0.2, 0.25) is 0 Å². The first kappa shape index (κ1) is 15.0. The predicted molar refractivity (Wildman–Crippen MR) is 87.7 cm³/mol. The van der Waals surface area contributed by atoms with E-state index in [-0.39, 0.29) is 5.41 Å². The Morgan fingerprint density at radius 2 is 2.04 bits per heavy atom. The Bertz CT molecular complexity index is 885. The van der Waals surface area contributed by atoms with E-state index in [4.69, 9.17) is 5.73 Å². The largest absolute Gasteiger partial charge is 0.365 e. The maximum atomic E-state index is 11.5. The number of aromatic nitrogens is 5. The van der Waals surface area contributed by atoms with E-state index in [9.17, 15) is 4.79 Å². The molecule has 5 N–H and O–H groups in total. The fourth-order valence-electron chi connectivity index (χ4n) is 2.34. The van der Waals surface area contributed by atoms with E-state index < -0.39 is 5.91 Å². The Kier molecular flexibility index (Phi) is 3.32. The molecule has 0 unspecified atom stereocenters. The molecule has 3 rings (SSSR count). The number of rotatable bonds is 3. The van der Waals surface area contributed by atoms with Crippen LogP contribution in [0.3, 0.4) is 0 Å². The van der Waals surface area contributed by atoms with E-state index in [1.807, 2.05) is 33.8 Å². The molecule has 8 nitrogen and oxygen atoms in total. The highest BCUT2D eigenvalue weighted by Crippen LogP contribution is 2.30. The van der Waals surface area contributed by atoms with Gasteiger partial charge in [0.1, 0.15) is 11.3 Å². The average molecular weight is 313 g/mol. The number of fused-ring (bicyclic) bond motifs is 1. The second-order valence-corrected chi connectivity index (χ2v) is 6.48. The van der Waals surface area contributed by atoms with Gasteiger partial charge in [-0.05, 0) is 6.92 Å². The van der Waals surface area contributed by atoms with Gasteiger partial charge in [-0.15, -0.1) is 0 Å². The van der Waals surface area contributed by atoms with Crippen LogP contribution in [0.1, 0.15) is 42.5 Å². The lowest BCUT2D eigenvalue weighted by Crippen LogP contribution is -2.18. The van der Waals surface area contributed by atoms with Crippen molar-refractivity contribution >= 4 is 28.7 Å². The van der Waals surface area contributed by atoms with Crippen LogP contribution < -0.4 is 11.1 Å². The number of carbonyl (C=O) groups is 1. The summed E-state index contributed by atoms with van der Waals surface area (Å²) in [4.78, 5) is 23.7. The highest BCUT2D eigenvalue weighted by Gasteiger charge is 2.24. The van der Waals surface area contributed by atoms with Crippen LogP contribution in [0.25, 0.3) is 11.2 Å². The van der Waals surface area contributed by atoms with Crippen LogP contribution in [0.4, 0.5) is 11.6 Å². The van der Waals surface area contributed by atoms with Crippen LogP contribution >= 0.6 is 0 Å². The van der Waals surface area contributed by atoms with E-state index >= 15 is 0 Å². The Morgan fingerprint density at radius 3 is 2.61 bits per heavy atom. The summed E-state index contributed by atoms with van der Waals surface area (Å²) >= 11 is 0. The molecule has 0 aliphatic rings. The van der Waals surface area contributed by atoms with Gasteiger partial charge in [0.05, 0.1) is 17.0 Å². The van der Waals surface area contributed by atoms with Crippen molar-refractivity contribution in [3.05, 3.63) is 29.2 Å². The number of carbonyl (C=O) groups excluding carboxylic acids is 1. The van der Waals surface area contributed by atoms with Gasteiger partial charge in [-0.2, -0.15) is 5.10 Å². The number of nitrogens with zero attached hydrogens (tertiary/aromatic N) is 3. The average Bonchev–Trinajstić information content (AvgIpc) is 3.02. The highest BCUT2D eigenvalue weighted by atomic mass is 16.1. The molecule has 3 heterocycles. The second kappa shape index (κ2) is 5.08. The Balaban J connectivity index is 2.18. The first-order valence-electron chi connectivity index (χ1n) is 7.24. The van der Waals surface area contributed by atoms with E-state index in [1.54, 1.807) is 0 Å². The van der Waals surface area contributed by atoms with E-state index in [2.05, 4.69) is 30.5 Å². The van der Waals surface area contributed by atoms with Crippen LogP contribution in [-0.4, -0.2) is 31.1 Å². The lowest BCUT2D eigenvalue weighted by molar-refractivity contribution is 0.100. The summed E-state index contributed by atoms with van der Waals surface area (Å²) in [6.45, 7) is 8.02. The molecule has 0 aromatic carbocycles. The minimum Gasteiger partial charge on any atom is -0.365 e. The molecule has 0 aliphatic carbocycles. The molecule has 0 radical (unpaired) electrons. The molecule has 0 spiro atoms. The van der Waals surface area contributed by atoms with Gasteiger partial charge in [-0.25, -0.2) is 9.97 Å². The Labute approximate surface area is 132 Å². The van der Waals surface area contributed by atoms with Crippen LogP contribution in [0.2, 0.25) is 0 Å². The van der Waals surface area contributed by atoms with Crippen LogP contribution in [0, 0.1) is 6.92 Å². The summed E-state index contributed by atoms with van der Waals surface area (Å²) in [5.41, 5.74) is 8.09. The quantitative estimate of drug-likeness (QED) is 0.589. The van der Waals surface area contributed by atoms with Crippen molar-refractivity contribution in [1.29, 1.82) is 0 Å². The zero-order valence-electron chi connectivity index (χ0n) is 13.5. The third-order valence-electron chi connectivity index (χ3n) is 3.44. The predicted octanol–water partition coefficient (Wildman–Crippen LogP) is 2.13. The van der Waals surface area contributed by atoms with Gasteiger partial charge in [0.25, 0.3) is 5.91 Å². The molecule has 1 amide bonds. The van der Waals surface area contributed by atoms with Gasteiger partial charge in [0.15, 0.2) is 11.5 Å². The number of nitrogens with two attached hydrogens (primary N) is 1. The molecule has 0 aliphatic heterocycles. The van der Waals surface area contributed by atoms with Gasteiger partial charge >= 0.3 is 0 Å². The summed E-state index contributed by atoms with van der Waals surface area (Å²) in [5, 5.41) is 10.2. The topological polar surface area (TPSA) is 125 Å². The SMILES string of the molecule is Cc1cc(Nc2nc3c(C(N)=O)c[nH]c3nc2C(C)(C)C)[nH]n1. The second-order valence-electron chi connectivity index (χ2n) is 6.48. The summed E-state index contributed by atoms with van der Waals surface area (Å²) < 4.78 is 0. The third kappa shape index (κ3) is 2.75. The summed E-state index contributed by atoms with van der Waals surface area (Å²) in [6, 6.07) is 1.87. The zero-order valence-corrected chi connectivity index (χ0v) is 13.5. The van der Waals surface area contributed by atoms with Crippen molar-refractivity contribution < 1.29 is 4.79 Å². The standard InChI is InChI=1S/C15H19N7O/c1-7-5-9(22-21-7)18-14-11(15(2,3)4)20-13-10(19-14)8(6-17-13)12(16)23/h5-6H,1-4H3,(H2,16,23)(H,17,20)(H2,18,19,21,22). The molecular formula is C15H19N7O. The van der Waals surface area contributed by atoms with Crippen LogP contribution in [0.5, 0.6) is 0 Å². The smallest absolute Gasteiger partial charge is 0.252 e. The Morgan fingerprint density at radius 1 is 1.30 bits per heavy atom. The Hall–Kier alpha value is -2.90. The minimum atomic E-state index is -0.544. The van der Waals surface area contributed by atoms with E-state index in [0.29, 0.717) is 28.4 Å². The number of primary amides is 1. The molecule has 0 saturated heterocycles. The zero-order chi connectivity index (χ0) is 16.8. The van der Waals surface area contributed by atoms with Crippen molar-refractivity contribution in [3.63, 3.8) is 0 Å². The normalized spacial score (nSPS) is 11.8. The maximum absolute atomic E-state index is 11.5. The molecule has 0 bridgehead atoms. The number of aryl methyl sites for hydroxylation is 1. The van der Waals surface area contributed by atoms with E-state index in [1.165, 1.54) is 6.20 Å². The monoisotopic (exact) mass is 313 g/mol. The molecule has 0 fully saturated rings. The number of hydrogen-bond acceptors (Lipinski definition) is 5. The van der Waals surface area contributed by atoms with Crippen LogP contribution in [-0.2, 0) is 5.41 Å². The fraction of sp³-hybridized carbons (Fsp3) is 0.333. The number of anilines is 2. The third-order valence-corrected chi connectivity index (χ3v) is 3.44. The van der Waals surface area contributed by atoms with Crippen molar-refractivity contribution in [2.75, 3.05) is 5.32 Å². The van der Waals surface area contributed by atoms with Crippen molar-refractivity contribution in [2.45, 2.75) is 33.1 Å². The van der Waals surface area contributed by atoms with Gasteiger partial charge in [0, 0.05) is 17.7 Å². The van der Waals surface area contributed by atoms with Crippen molar-refractivity contribution in [1.82, 2.24) is 25.1 Å². The highest BCUT2D eigenvalue weighted by molar-refractivity contribution is 6.03. The molecule has 0 saturated carbocycles. The van der Waals surface area contributed by atoms with Crippen LogP contribution in [0.15, 0.2) is 12.3 Å². The molecule has 8 heteroatoms. The lowest BCUT2D eigenvalue weighted by Gasteiger charge is -2.21.